The first kappa shape index (κ1) is 12.7. The Morgan fingerprint density at radius 2 is 1.75 bits per heavy atom. The Labute approximate surface area is 95.3 Å². The number of hydrogen-bond donors (Lipinski definition) is 1. The van der Waals surface area contributed by atoms with E-state index in [4.69, 9.17) is 5.11 Å². The highest BCUT2D eigenvalue weighted by Gasteiger charge is 2.31. The lowest BCUT2D eigenvalue weighted by Crippen LogP contribution is -2.54. The predicted molar refractivity (Wildman–Crippen MR) is 59.7 cm³/mol. The number of aliphatic hydroxyl groups excluding tert-OH is 1. The minimum atomic E-state index is -0.501. The van der Waals surface area contributed by atoms with Crippen molar-refractivity contribution in [3.8, 4) is 0 Å². The Morgan fingerprint density at radius 1 is 1.19 bits per heavy atom. The van der Waals surface area contributed by atoms with Gasteiger partial charge in [0.25, 0.3) is 0 Å². The van der Waals surface area contributed by atoms with Gasteiger partial charge in [0.1, 0.15) is 0 Å². The van der Waals surface area contributed by atoms with Crippen LogP contribution in [0.1, 0.15) is 12.8 Å². The molecule has 0 atom stereocenters. The van der Waals surface area contributed by atoms with Gasteiger partial charge in [-0.05, 0) is 12.8 Å². The minimum absolute atomic E-state index is 0.102. The average Bonchev–Trinajstić information content (AvgIpc) is 2.28. The summed E-state index contributed by atoms with van der Waals surface area (Å²) in [6, 6.07) is 0. The second-order valence-electron chi connectivity index (χ2n) is 3.74. The highest BCUT2D eigenvalue weighted by molar-refractivity contribution is 6.35. The van der Waals surface area contributed by atoms with Gasteiger partial charge >= 0.3 is 11.8 Å². The van der Waals surface area contributed by atoms with Crippen LogP contribution in [0, 0.1) is 0 Å². The monoisotopic (exact) mass is 226 g/mol. The third-order valence-electron chi connectivity index (χ3n) is 2.60. The molecule has 0 unspecified atom stereocenters. The van der Waals surface area contributed by atoms with Crippen LogP contribution in [0.15, 0.2) is 12.7 Å². The van der Waals surface area contributed by atoms with Crippen LogP contribution in [0.25, 0.3) is 0 Å². The molecule has 1 aliphatic rings. The summed E-state index contributed by atoms with van der Waals surface area (Å²) in [5, 5.41) is 8.73. The highest BCUT2D eigenvalue weighted by Crippen LogP contribution is 2.06. The number of rotatable bonds is 6. The summed E-state index contributed by atoms with van der Waals surface area (Å²) < 4.78 is 0. The maximum atomic E-state index is 11.6. The van der Waals surface area contributed by atoms with Crippen LogP contribution >= 0.6 is 0 Å². The molecule has 16 heavy (non-hydrogen) atoms. The van der Waals surface area contributed by atoms with E-state index in [0.29, 0.717) is 19.6 Å². The minimum Gasteiger partial charge on any atom is -0.395 e. The Hall–Kier alpha value is -1.36. The molecule has 1 N–H and O–H groups in total. The van der Waals surface area contributed by atoms with Gasteiger partial charge in [-0.25, -0.2) is 0 Å². The lowest BCUT2D eigenvalue weighted by atomic mass is 10.2. The van der Waals surface area contributed by atoms with Crippen LogP contribution in [-0.4, -0.2) is 59.5 Å². The van der Waals surface area contributed by atoms with Gasteiger partial charge in [-0.2, -0.15) is 0 Å². The molecular formula is C11H18N2O3. The van der Waals surface area contributed by atoms with Crippen LogP contribution < -0.4 is 0 Å². The van der Waals surface area contributed by atoms with Crippen molar-refractivity contribution < 1.29 is 14.7 Å². The quantitative estimate of drug-likeness (QED) is 0.381. The van der Waals surface area contributed by atoms with Crippen molar-refractivity contribution >= 4 is 11.8 Å². The van der Waals surface area contributed by atoms with E-state index in [0.717, 1.165) is 12.8 Å². The molecule has 0 aromatic carbocycles. The molecule has 90 valence electrons. The first-order valence-corrected chi connectivity index (χ1v) is 5.50. The van der Waals surface area contributed by atoms with Gasteiger partial charge in [0.2, 0.25) is 0 Å². The molecular weight excluding hydrogens is 208 g/mol. The topological polar surface area (TPSA) is 60.9 Å². The zero-order valence-corrected chi connectivity index (χ0v) is 9.39. The number of carbonyl (C=O) groups is 2. The van der Waals surface area contributed by atoms with E-state index in [1.54, 1.807) is 11.0 Å². The molecule has 2 amide bonds. The maximum Gasteiger partial charge on any atom is 0.312 e. The van der Waals surface area contributed by atoms with Gasteiger partial charge in [-0.15, -0.1) is 6.58 Å². The number of aliphatic hydroxyl groups is 1. The SMILES string of the molecule is C=CCCCN1CCN(CCO)C(=O)C1=O. The lowest BCUT2D eigenvalue weighted by molar-refractivity contribution is -0.156. The molecule has 1 saturated heterocycles. The smallest absolute Gasteiger partial charge is 0.312 e. The number of amides is 2. The Kier molecular flexibility index (Phi) is 4.98. The van der Waals surface area contributed by atoms with Crippen molar-refractivity contribution in [3.05, 3.63) is 12.7 Å². The fraction of sp³-hybridized carbons (Fsp3) is 0.636. The number of β-amino-alcohol motifs (C(OH)–C–C–N with tert-alkyl or cyclic N) is 1. The molecule has 5 nitrogen and oxygen atoms in total. The zero-order chi connectivity index (χ0) is 12.0. The number of nitrogens with zero attached hydrogens (tertiary/aromatic N) is 2. The van der Waals surface area contributed by atoms with Gasteiger partial charge in [0.05, 0.1) is 6.61 Å². The van der Waals surface area contributed by atoms with Crippen LogP contribution in [-0.2, 0) is 9.59 Å². The van der Waals surface area contributed by atoms with Gasteiger partial charge in [-0.1, -0.05) is 6.08 Å². The fourth-order valence-corrected chi connectivity index (χ4v) is 1.69. The number of hydrogen-bond acceptors (Lipinski definition) is 3. The van der Waals surface area contributed by atoms with Gasteiger partial charge < -0.3 is 14.9 Å². The van der Waals surface area contributed by atoms with E-state index in [9.17, 15) is 9.59 Å². The molecule has 0 saturated carbocycles. The second kappa shape index (κ2) is 6.27. The summed E-state index contributed by atoms with van der Waals surface area (Å²) in [6.07, 6.45) is 3.48. The molecule has 1 fully saturated rings. The normalized spacial score (nSPS) is 16.8. The summed E-state index contributed by atoms with van der Waals surface area (Å²) in [5.41, 5.74) is 0. The van der Waals surface area contributed by atoms with E-state index >= 15 is 0 Å². The Bertz CT molecular complexity index is 278. The van der Waals surface area contributed by atoms with Gasteiger partial charge in [-0.3, -0.25) is 9.59 Å². The van der Waals surface area contributed by atoms with Crippen molar-refractivity contribution in [1.82, 2.24) is 9.80 Å². The molecule has 0 aromatic heterocycles. The van der Waals surface area contributed by atoms with E-state index in [-0.39, 0.29) is 13.2 Å². The van der Waals surface area contributed by atoms with E-state index in [1.165, 1.54) is 4.90 Å². The molecule has 0 spiro atoms. The first-order chi connectivity index (χ1) is 7.70. The second-order valence-corrected chi connectivity index (χ2v) is 3.74. The molecule has 0 bridgehead atoms. The van der Waals surface area contributed by atoms with Crippen molar-refractivity contribution in [3.63, 3.8) is 0 Å². The highest BCUT2D eigenvalue weighted by atomic mass is 16.3. The standard InChI is InChI=1S/C11H18N2O3/c1-2-3-4-5-12-6-7-13(8-9-14)11(16)10(12)15/h2,14H,1,3-9H2. The molecule has 1 rings (SSSR count). The summed E-state index contributed by atoms with van der Waals surface area (Å²) in [4.78, 5) is 26.2. The molecule has 1 heterocycles. The first-order valence-electron chi connectivity index (χ1n) is 5.50. The van der Waals surface area contributed by atoms with Crippen molar-refractivity contribution in [2.75, 3.05) is 32.8 Å². The summed E-state index contributed by atoms with van der Waals surface area (Å²) in [7, 11) is 0. The average molecular weight is 226 g/mol. The third-order valence-corrected chi connectivity index (χ3v) is 2.60. The largest absolute Gasteiger partial charge is 0.395 e. The van der Waals surface area contributed by atoms with Crippen LogP contribution in [0.2, 0.25) is 0 Å². The summed E-state index contributed by atoms with van der Waals surface area (Å²) in [6.45, 7) is 5.42. The number of carbonyl (C=O) groups excluding carboxylic acids is 2. The number of allylic oxidation sites excluding steroid dienone is 1. The third kappa shape index (κ3) is 3.06. The van der Waals surface area contributed by atoms with Crippen molar-refractivity contribution in [2.24, 2.45) is 0 Å². The van der Waals surface area contributed by atoms with Crippen LogP contribution in [0.4, 0.5) is 0 Å². The number of unbranched alkanes of at least 4 members (excludes halogenated alkanes) is 1. The van der Waals surface area contributed by atoms with Crippen molar-refractivity contribution in [1.29, 1.82) is 0 Å². The van der Waals surface area contributed by atoms with E-state index in [2.05, 4.69) is 6.58 Å². The molecule has 0 radical (unpaired) electrons. The van der Waals surface area contributed by atoms with E-state index in [1.807, 2.05) is 0 Å². The van der Waals surface area contributed by atoms with Crippen LogP contribution in [0.3, 0.4) is 0 Å². The predicted octanol–water partition coefficient (Wildman–Crippen LogP) is -0.384. The van der Waals surface area contributed by atoms with Gasteiger partial charge in [0.15, 0.2) is 0 Å². The summed E-state index contributed by atoms with van der Waals surface area (Å²) in [5.74, 6) is -0.956. The molecule has 5 heteroatoms. The molecule has 0 aromatic rings. The maximum absolute atomic E-state index is 11.6. The van der Waals surface area contributed by atoms with Gasteiger partial charge in [0, 0.05) is 26.2 Å². The van der Waals surface area contributed by atoms with Crippen molar-refractivity contribution in [2.45, 2.75) is 12.8 Å². The lowest BCUT2D eigenvalue weighted by Gasteiger charge is -2.33. The molecule has 1 aliphatic heterocycles. The van der Waals surface area contributed by atoms with E-state index < -0.39 is 11.8 Å². The fourth-order valence-electron chi connectivity index (χ4n) is 1.69. The number of piperazine rings is 1. The van der Waals surface area contributed by atoms with Crippen LogP contribution in [0.5, 0.6) is 0 Å². The Morgan fingerprint density at radius 3 is 2.25 bits per heavy atom. The summed E-state index contributed by atoms with van der Waals surface area (Å²) >= 11 is 0. The molecule has 0 aliphatic carbocycles. The Balaban J connectivity index is 2.45. The zero-order valence-electron chi connectivity index (χ0n) is 9.39.